The third kappa shape index (κ3) is 3.39. The van der Waals surface area contributed by atoms with Crippen molar-refractivity contribution < 1.29 is 18.3 Å². The number of carbonyl (C=O) groups is 1. The van der Waals surface area contributed by atoms with Crippen molar-refractivity contribution in [2.24, 2.45) is 0 Å². The number of fused-ring (bicyclic) bond motifs is 2. The Morgan fingerprint density at radius 3 is 2.48 bits per heavy atom. The Balaban J connectivity index is 2.02. The van der Waals surface area contributed by atoms with Gasteiger partial charge >= 0.3 is 5.97 Å². The molecule has 1 heterocycles. The molecule has 0 fully saturated rings. The number of aliphatic carboxylic acids is 1. The van der Waals surface area contributed by atoms with Crippen LogP contribution in [0.4, 0.5) is 0 Å². The summed E-state index contributed by atoms with van der Waals surface area (Å²) in [4.78, 5) is 11.3. The van der Waals surface area contributed by atoms with E-state index in [1.54, 1.807) is 48.5 Å². The predicted octanol–water partition coefficient (Wildman–Crippen LogP) is 5.01. The van der Waals surface area contributed by atoms with Crippen LogP contribution in [0.5, 0.6) is 0 Å². The molecule has 3 aromatic carbocycles. The summed E-state index contributed by atoms with van der Waals surface area (Å²) in [6.45, 7) is 1.93. The van der Waals surface area contributed by atoms with Gasteiger partial charge in [-0.1, -0.05) is 41.9 Å². The molecule has 0 spiro atoms. The van der Waals surface area contributed by atoms with Crippen molar-refractivity contribution in [3.63, 3.8) is 0 Å². The van der Waals surface area contributed by atoms with Gasteiger partial charge in [0.05, 0.1) is 16.8 Å². The molecule has 4 aromatic rings. The summed E-state index contributed by atoms with van der Waals surface area (Å²) in [5.41, 5.74) is 1.86. The minimum Gasteiger partial charge on any atom is -0.481 e. The summed E-state index contributed by atoms with van der Waals surface area (Å²) in [6.07, 6.45) is -0.0844. The number of halogens is 1. The summed E-state index contributed by atoms with van der Waals surface area (Å²) < 4.78 is 28.8. The maximum atomic E-state index is 13.8. The van der Waals surface area contributed by atoms with Gasteiger partial charge < -0.3 is 5.11 Å². The summed E-state index contributed by atoms with van der Waals surface area (Å²) in [5, 5.41) is 11.7. The summed E-state index contributed by atoms with van der Waals surface area (Å²) in [6, 6.07) is 17.4. The lowest BCUT2D eigenvalue weighted by molar-refractivity contribution is -0.136. The standard InChI is InChI=1S/C22H18ClNO4S/c1-14-6-10-21(19-5-3-2-4-18(14)19)29(27,28)24-17(8-11-22(25)26)13-15-12-16(23)7-9-20(15)24/h2-7,9-10,12-13H,8,11H2,1H3,(H,25,26). The van der Waals surface area contributed by atoms with E-state index in [4.69, 9.17) is 16.7 Å². The van der Waals surface area contributed by atoms with Crippen LogP contribution in [0.15, 0.2) is 65.6 Å². The molecule has 5 nitrogen and oxygen atoms in total. The largest absolute Gasteiger partial charge is 0.481 e. The zero-order valence-electron chi connectivity index (χ0n) is 15.6. The smallest absolute Gasteiger partial charge is 0.303 e. The van der Waals surface area contributed by atoms with Gasteiger partial charge in [0.1, 0.15) is 0 Å². The van der Waals surface area contributed by atoms with E-state index in [0.717, 1.165) is 10.9 Å². The lowest BCUT2D eigenvalue weighted by Gasteiger charge is -2.14. The molecular formula is C22H18ClNO4S. The molecule has 4 rings (SSSR count). The Morgan fingerprint density at radius 2 is 1.76 bits per heavy atom. The van der Waals surface area contributed by atoms with E-state index in [9.17, 15) is 13.2 Å². The monoisotopic (exact) mass is 427 g/mol. The van der Waals surface area contributed by atoms with E-state index in [1.807, 2.05) is 19.1 Å². The van der Waals surface area contributed by atoms with Gasteiger partial charge in [-0.15, -0.1) is 0 Å². The van der Waals surface area contributed by atoms with Crippen LogP contribution in [0, 0.1) is 6.92 Å². The Kier molecular flexibility index (Phi) is 4.84. The number of hydrogen-bond acceptors (Lipinski definition) is 3. The first kappa shape index (κ1) is 19.5. The summed E-state index contributed by atoms with van der Waals surface area (Å²) >= 11 is 6.08. The highest BCUT2D eigenvalue weighted by Gasteiger charge is 2.25. The molecular weight excluding hydrogens is 410 g/mol. The molecule has 0 aliphatic rings. The lowest BCUT2D eigenvalue weighted by atomic mass is 10.1. The van der Waals surface area contributed by atoms with Crippen molar-refractivity contribution in [3.8, 4) is 0 Å². The fourth-order valence-corrected chi connectivity index (χ4v) is 5.61. The lowest BCUT2D eigenvalue weighted by Crippen LogP contribution is -2.17. The van der Waals surface area contributed by atoms with E-state index in [-0.39, 0.29) is 17.7 Å². The van der Waals surface area contributed by atoms with Crippen molar-refractivity contribution >= 4 is 49.3 Å². The molecule has 0 aliphatic heterocycles. The van der Waals surface area contributed by atoms with Crippen molar-refractivity contribution in [2.45, 2.75) is 24.7 Å². The molecule has 0 saturated heterocycles. The van der Waals surface area contributed by atoms with Gasteiger partial charge in [-0.25, -0.2) is 12.4 Å². The van der Waals surface area contributed by atoms with E-state index < -0.39 is 16.0 Å². The zero-order chi connectivity index (χ0) is 20.8. The highest BCUT2D eigenvalue weighted by molar-refractivity contribution is 7.90. The van der Waals surface area contributed by atoms with E-state index in [1.165, 1.54) is 3.97 Å². The van der Waals surface area contributed by atoms with Gasteiger partial charge in [0.2, 0.25) is 0 Å². The molecule has 0 amide bonds. The van der Waals surface area contributed by atoms with Crippen molar-refractivity contribution in [2.75, 3.05) is 0 Å². The third-order valence-corrected chi connectivity index (χ3v) is 7.07. The second-order valence-electron chi connectivity index (χ2n) is 6.93. The van der Waals surface area contributed by atoms with E-state index >= 15 is 0 Å². The molecule has 29 heavy (non-hydrogen) atoms. The Morgan fingerprint density at radius 1 is 1.03 bits per heavy atom. The van der Waals surface area contributed by atoms with Crippen LogP contribution < -0.4 is 0 Å². The molecule has 0 saturated carbocycles. The molecule has 7 heteroatoms. The summed E-state index contributed by atoms with van der Waals surface area (Å²) in [7, 11) is -3.98. The predicted molar refractivity (Wildman–Crippen MR) is 114 cm³/mol. The maximum absolute atomic E-state index is 13.8. The number of aromatic nitrogens is 1. The van der Waals surface area contributed by atoms with Crippen molar-refractivity contribution in [1.29, 1.82) is 0 Å². The maximum Gasteiger partial charge on any atom is 0.303 e. The van der Waals surface area contributed by atoms with Gasteiger partial charge in [-0.2, -0.15) is 0 Å². The number of carboxylic acid groups (broad SMARTS) is 1. The minimum absolute atomic E-state index is 0.0880. The fourth-order valence-electron chi connectivity index (χ4n) is 3.66. The summed E-state index contributed by atoms with van der Waals surface area (Å²) in [5.74, 6) is -0.988. The van der Waals surface area contributed by atoms with Gasteiger partial charge in [0.15, 0.2) is 0 Å². The second kappa shape index (κ2) is 7.21. The Hall–Kier alpha value is -2.83. The first-order valence-corrected chi connectivity index (χ1v) is 10.9. The first-order chi connectivity index (χ1) is 13.8. The molecule has 148 valence electrons. The molecule has 0 atom stereocenters. The molecule has 1 aromatic heterocycles. The normalized spacial score (nSPS) is 11.9. The SMILES string of the molecule is Cc1ccc(S(=O)(=O)n2c(CCC(=O)O)cc3cc(Cl)ccc32)c2ccccc12. The quantitative estimate of drug-likeness (QED) is 0.485. The van der Waals surface area contributed by atoms with Crippen LogP contribution in [0.1, 0.15) is 17.7 Å². The van der Waals surface area contributed by atoms with Crippen LogP contribution >= 0.6 is 11.6 Å². The Bertz CT molecular complexity index is 1370. The highest BCUT2D eigenvalue weighted by Crippen LogP contribution is 2.32. The van der Waals surface area contributed by atoms with Gasteiger partial charge in [-0.05, 0) is 54.6 Å². The highest BCUT2D eigenvalue weighted by atomic mass is 35.5. The van der Waals surface area contributed by atoms with Crippen LogP contribution in [0.2, 0.25) is 5.02 Å². The van der Waals surface area contributed by atoms with Crippen LogP contribution in [0.25, 0.3) is 21.7 Å². The fraction of sp³-hybridized carbons (Fsp3) is 0.136. The average Bonchev–Trinajstić information content (AvgIpc) is 3.05. The number of carboxylic acids is 1. The number of rotatable bonds is 5. The van der Waals surface area contributed by atoms with Crippen LogP contribution in [-0.4, -0.2) is 23.5 Å². The van der Waals surface area contributed by atoms with Crippen molar-refractivity contribution in [1.82, 2.24) is 3.97 Å². The second-order valence-corrected chi connectivity index (χ2v) is 9.12. The molecule has 1 N–H and O–H groups in total. The van der Waals surface area contributed by atoms with Crippen LogP contribution in [0.3, 0.4) is 0 Å². The van der Waals surface area contributed by atoms with Gasteiger partial charge in [-0.3, -0.25) is 4.79 Å². The van der Waals surface area contributed by atoms with E-state index in [2.05, 4.69) is 0 Å². The zero-order valence-corrected chi connectivity index (χ0v) is 17.2. The topological polar surface area (TPSA) is 76.4 Å². The molecule has 0 aliphatic carbocycles. The number of hydrogen-bond donors (Lipinski definition) is 1. The van der Waals surface area contributed by atoms with Crippen LogP contribution in [-0.2, 0) is 21.2 Å². The molecule has 0 radical (unpaired) electrons. The van der Waals surface area contributed by atoms with E-state index in [0.29, 0.717) is 27.0 Å². The molecule has 0 unspecified atom stereocenters. The minimum atomic E-state index is -3.98. The van der Waals surface area contributed by atoms with Gasteiger partial charge in [0, 0.05) is 21.5 Å². The number of aryl methyl sites for hydroxylation is 2. The third-order valence-electron chi connectivity index (χ3n) is 5.01. The number of nitrogens with zero attached hydrogens (tertiary/aromatic N) is 1. The Labute approximate surface area is 173 Å². The molecule has 0 bridgehead atoms. The average molecular weight is 428 g/mol. The van der Waals surface area contributed by atoms with Crippen molar-refractivity contribution in [3.05, 3.63) is 76.9 Å². The van der Waals surface area contributed by atoms with Gasteiger partial charge in [0.25, 0.3) is 10.0 Å². The first-order valence-electron chi connectivity index (χ1n) is 9.04. The number of benzene rings is 3.